The number of amides is 2. The topological polar surface area (TPSA) is 118 Å². The smallest absolute Gasteiger partial charge is 0.310 e. The van der Waals surface area contributed by atoms with Gasteiger partial charge in [0.05, 0.1) is 17.4 Å². The van der Waals surface area contributed by atoms with E-state index in [0.717, 1.165) is 5.56 Å². The standard InChI is InChI=1S/C29H36ClF2N5O5/c1-16(2)37-25(26(31)32)20(33-34-37)15-42-22-9-8-19(30)17-10-13-36(21(24(17)22)14-35-12-5-7-23(35)38)27(39)18-6-4-11-29(18,3)28(40)41/h8-9,16,18,21,26H,4-7,10-15H2,1-3H3,(H,40,41)/t18?,21-,29-/m1/s1. The Hall–Kier alpha value is -3.28. The Balaban J connectivity index is 1.53. The highest BCUT2D eigenvalue weighted by Crippen LogP contribution is 2.47. The predicted molar refractivity (Wildman–Crippen MR) is 148 cm³/mol. The van der Waals surface area contributed by atoms with Crippen molar-refractivity contribution in [1.29, 1.82) is 0 Å². The summed E-state index contributed by atoms with van der Waals surface area (Å²) in [6.45, 7) is 5.83. The molecule has 1 aliphatic carbocycles. The van der Waals surface area contributed by atoms with Gasteiger partial charge in [-0.1, -0.05) is 23.2 Å². The van der Waals surface area contributed by atoms with E-state index in [1.807, 2.05) is 0 Å². The van der Waals surface area contributed by atoms with Crippen LogP contribution in [0.3, 0.4) is 0 Å². The Kier molecular flexibility index (Phi) is 8.46. The van der Waals surface area contributed by atoms with Crippen molar-refractivity contribution in [3.63, 3.8) is 0 Å². The molecular formula is C29H36ClF2N5O5. The van der Waals surface area contributed by atoms with Crippen molar-refractivity contribution in [1.82, 2.24) is 24.8 Å². The number of likely N-dealkylation sites (tertiary alicyclic amines) is 1. The number of carboxylic acid groups (broad SMARTS) is 1. The van der Waals surface area contributed by atoms with Gasteiger partial charge in [-0.15, -0.1) is 5.10 Å². The summed E-state index contributed by atoms with van der Waals surface area (Å²) in [5.74, 6) is -1.67. The second kappa shape index (κ2) is 11.8. The van der Waals surface area contributed by atoms with Gasteiger partial charge in [0.25, 0.3) is 6.43 Å². The largest absolute Gasteiger partial charge is 0.487 e. The van der Waals surface area contributed by atoms with Crippen LogP contribution in [0.15, 0.2) is 12.1 Å². The Morgan fingerprint density at radius 2 is 1.98 bits per heavy atom. The van der Waals surface area contributed by atoms with E-state index in [2.05, 4.69) is 10.3 Å². The number of aromatic nitrogens is 3. The molecule has 3 atom stereocenters. The van der Waals surface area contributed by atoms with Gasteiger partial charge >= 0.3 is 5.97 Å². The van der Waals surface area contributed by atoms with Crippen LogP contribution in [0.4, 0.5) is 8.78 Å². The van der Waals surface area contributed by atoms with Crippen molar-refractivity contribution >= 4 is 29.4 Å². The number of ether oxygens (including phenoxy) is 1. The average Bonchev–Trinajstić information content (AvgIpc) is 3.67. The van der Waals surface area contributed by atoms with Crippen molar-refractivity contribution in [3.8, 4) is 5.75 Å². The van der Waals surface area contributed by atoms with Crippen LogP contribution in [0, 0.1) is 11.3 Å². The van der Waals surface area contributed by atoms with Crippen molar-refractivity contribution in [3.05, 3.63) is 39.7 Å². The maximum Gasteiger partial charge on any atom is 0.310 e. The zero-order valence-electron chi connectivity index (χ0n) is 24.0. The van der Waals surface area contributed by atoms with Crippen molar-refractivity contribution < 1.29 is 33.0 Å². The van der Waals surface area contributed by atoms with Crippen LogP contribution in [-0.4, -0.2) is 67.3 Å². The van der Waals surface area contributed by atoms with E-state index >= 15 is 0 Å². The molecule has 228 valence electrons. The number of hydrogen-bond donors (Lipinski definition) is 1. The minimum atomic E-state index is -2.81. The second-order valence-corrected chi connectivity index (χ2v) is 12.3. The van der Waals surface area contributed by atoms with E-state index in [1.54, 1.807) is 42.7 Å². The fourth-order valence-corrected chi connectivity index (χ4v) is 6.93. The van der Waals surface area contributed by atoms with Crippen LogP contribution in [-0.2, 0) is 27.4 Å². The van der Waals surface area contributed by atoms with E-state index in [-0.39, 0.29) is 42.4 Å². The molecule has 0 radical (unpaired) electrons. The third kappa shape index (κ3) is 5.33. The quantitative estimate of drug-likeness (QED) is 0.428. The number of nitrogens with zero attached hydrogens (tertiary/aromatic N) is 5. The molecule has 13 heteroatoms. The molecular weight excluding hydrogens is 572 g/mol. The molecule has 1 N–H and O–H groups in total. The summed E-state index contributed by atoms with van der Waals surface area (Å²) >= 11 is 6.65. The lowest BCUT2D eigenvalue weighted by Gasteiger charge is -2.42. The first-order valence-electron chi connectivity index (χ1n) is 14.4. The Labute approximate surface area is 247 Å². The molecule has 2 aliphatic heterocycles. The van der Waals surface area contributed by atoms with Crippen LogP contribution in [0.5, 0.6) is 5.75 Å². The lowest BCUT2D eigenvalue weighted by atomic mass is 9.78. The maximum absolute atomic E-state index is 14.1. The zero-order valence-corrected chi connectivity index (χ0v) is 24.7. The molecule has 0 bridgehead atoms. The third-order valence-corrected chi connectivity index (χ3v) is 9.38. The van der Waals surface area contributed by atoms with Crippen molar-refractivity contribution in [2.75, 3.05) is 19.6 Å². The fraction of sp³-hybridized carbons (Fsp3) is 0.621. The summed E-state index contributed by atoms with van der Waals surface area (Å²) in [7, 11) is 0. The number of carbonyl (C=O) groups excluding carboxylic acids is 2. The summed E-state index contributed by atoms with van der Waals surface area (Å²) in [5.41, 5.74) is -0.153. The van der Waals surface area contributed by atoms with Crippen molar-refractivity contribution in [2.45, 2.75) is 84.4 Å². The van der Waals surface area contributed by atoms with Crippen LogP contribution in [0.2, 0.25) is 5.02 Å². The molecule has 1 saturated heterocycles. The number of alkyl halides is 2. The van der Waals surface area contributed by atoms with Gasteiger partial charge in [-0.3, -0.25) is 14.4 Å². The first-order chi connectivity index (χ1) is 19.9. The van der Waals surface area contributed by atoms with E-state index < -0.39 is 29.8 Å². The average molecular weight is 608 g/mol. The molecule has 1 unspecified atom stereocenters. The second-order valence-electron chi connectivity index (χ2n) is 11.9. The highest BCUT2D eigenvalue weighted by Gasteiger charge is 2.51. The fourth-order valence-electron chi connectivity index (χ4n) is 6.67. The van der Waals surface area contributed by atoms with Gasteiger partial charge in [-0.25, -0.2) is 13.5 Å². The molecule has 5 rings (SSSR count). The Morgan fingerprint density at radius 3 is 2.62 bits per heavy atom. The summed E-state index contributed by atoms with van der Waals surface area (Å²) in [5, 5.41) is 18.3. The molecule has 3 heterocycles. The van der Waals surface area contributed by atoms with Crippen LogP contribution >= 0.6 is 11.6 Å². The summed E-state index contributed by atoms with van der Waals surface area (Å²) in [4.78, 5) is 42.5. The minimum absolute atomic E-state index is 0.000549. The van der Waals surface area contributed by atoms with Gasteiger partial charge < -0.3 is 19.6 Å². The molecule has 1 saturated carbocycles. The number of halogens is 3. The lowest BCUT2D eigenvalue weighted by molar-refractivity contribution is -0.157. The third-order valence-electron chi connectivity index (χ3n) is 9.03. The van der Waals surface area contributed by atoms with Gasteiger partial charge in [0.15, 0.2) is 0 Å². The van der Waals surface area contributed by atoms with Gasteiger partial charge in [-0.2, -0.15) is 0 Å². The number of rotatable bonds is 9. The molecule has 2 fully saturated rings. The normalized spacial score (nSPS) is 24.1. The van der Waals surface area contributed by atoms with E-state index in [9.17, 15) is 28.3 Å². The molecule has 3 aliphatic rings. The van der Waals surface area contributed by atoms with Crippen molar-refractivity contribution in [2.24, 2.45) is 11.3 Å². The number of aliphatic carboxylic acids is 1. The zero-order chi connectivity index (χ0) is 30.3. The van der Waals surface area contributed by atoms with Crippen LogP contribution in [0.25, 0.3) is 0 Å². The molecule has 10 nitrogen and oxygen atoms in total. The van der Waals surface area contributed by atoms with E-state index in [0.29, 0.717) is 68.0 Å². The Bertz CT molecular complexity index is 1380. The number of benzene rings is 1. The van der Waals surface area contributed by atoms with Gasteiger partial charge in [-0.05, 0) is 64.2 Å². The van der Waals surface area contributed by atoms with Gasteiger partial charge in [0.2, 0.25) is 11.8 Å². The highest BCUT2D eigenvalue weighted by atomic mass is 35.5. The monoisotopic (exact) mass is 607 g/mol. The minimum Gasteiger partial charge on any atom is -0.487 e. The molecule has 1 aromatic heterocycles. The molecule has 0 spiro atoms. The highest BCUT2D eigenvalue weighted by molar-refractivity contribution is 6.31. The summed E-state index contributed by atoms with van der Waals surface area (Å²) in [6, 6.07) is 2.33. The summed E-state index contributed by atoms with van der Waals surface area (Å²) < 4.78 is 35.3. The SMILES string of the molecule is CC(C)n1nnc(COc2ccc(Cl)c3c2[C@@H](CN2CCCC2=O)N(C(=O)C2CCC[C@@]2(C)C(=O)O)CC3)c1C(F)F. The van der Waals surface area contributed by atoms with E-state index in [1.165, 1.54) is 4.68 Å². The molecule has 2 aromatic rings. The Morgan fingerprint density at radius 1 is 1.21 bits per heavy atom. The van der Waals surface area contributed by atoms with Gasteiger partial charge in [0.1, 0.15) is 23.7 Å². The first kappa shape index (κ1) is 30.2. The van der Waals surface area contributed by atoms with Crippen LogP contribution < -0.4 is 4.74 Å². The molecule has 2 amide bonds. The van der Waals surface area contributed by atoms with E-state index in [4.69, 9.17) is 16.3 Å². The predicted octanol–water partition coefficient (Wildman–Crippen LogP) is 4.97. The molecule has 1 aromatic carbocycles. The van der Waals surface area contributed by atoms with Crippen LogP contribution in [0.1, 0.15) is 93.9 Å². The first-order valence-corrected chi connectivity index (χ1v) is 14.8. The van der Waals surface area contributed by atoms with Gasteiger partial charge in [0, 0.05) is 42.7 Å². The lowest BCUT2D eigenvalue weighted by Crippen LogP contribution is -2.50. The molecule has 42 heavy (non-hydrogen) atoms. The number of carbonyl (C=O) groups is 3. The maximum atomic E-state index is 14.1. The number of carboxylic acids is 1. The number of hydrogen-bond acceptors (Lipinski definition) is 6. The summed E-state index contributed by atoms with van der Waals surface area (Å²) in [6.07, 6.45) is 0.189. The number of fused-ring (bicyclic) bond motifs is 1.